The van der Waals surface area contributed by atoms with Crippen LogP contribution in [0.25, 0.3) is 11.3 Å². The van der Waals surface area contributed by atoms with Crippen molar-refractivity contribution in [3.8, 4) is 11.3 Å². The fraction of sp³-hybridized carbons (Fsp3) is 0.368. The summed E-state index contributed by atoms with van der Waals surface area (Å²) < 4.78 is 14.5. The lowest BCUT2D eigenvalue weighted by Gasteiger charge is -2.36. The SMILES string of the molecule is CN[C@@H](C)C(=O)N1CCN(C(=O)c2ccc(-c3ccc(Cl)[nH]3)c(F)c2)CC1. The Morgan fingerprint density at radius 3 is 2.37 bits per heavy atom. The van der Waals surface area contributed by atoms with E-state index in [1.165, 1.54) is 6.07 Å². The summed E-state index contributed by atoms with van der Waals surface area (Å²) in [4.78, 5) is 31.1. The van der Waals surface area contributed by atoms with Gasteiger partial charge in [-0.2, -0.15) is 0 Å². The number of hydrogen-bond donors (Lipinski definition) is 2. The van der Waals surface area contributed by atoms with Gasteiger partial charge in [0.1, 0.15) is 11.0 Å². The van der Waals surface area contributed by atoms with Gasteiger partial charge in [-0.3, -0.25) is 9.59 Å². The minimum atomic E-state index is -0.490. The smallest absolute Gasteiger partial charge is 0.254 e. The van der Waals surface area contributed by atoms with Crippen LogP contribution in [-0.4, -0.2) is 65.9 Å². The molecule has 8 heteroatoms. The summed E-state index contributed by atoms with van der Waals surface area (Å²) in [5.41, 5.74) is 1.20. The van der Waals surface area contributed by atoms with Gasteiger partial charge < -0.3 is 20.1 Å². The predicted molar refractivity (Wildman–Crippen MR) is 102 cm³/mol. The van der Waals surface area contributed by atoms with E-state index in [1.54, 1.807) is 41.1 Å². The van der Waals surface area contributed by atoms with E-state index < -0.39 is 5.82 Å². The molecule has 2 heterocycles. The quantitative estimate of drug-likeness (QED) is 0.839. The number of aromatic nitrogens is 1. The van der Waals surface area contributed by atoms with Crippen LogP contribution in [0.2, 0.25) is 5.15 Å². The Hall–Kier alpha value is -2.38. The molecule has 2 amide bonds. The number of nitrogens with zero attached hydrogens (tertiary/aromatic N) is 2. The minimum Gasteiger partial charge on any atom is -0.346 e. The van der Waals surface area contributed by atoms with Crippen molar-refractivity contribution >= 4 is 23.4 Å². The molecule has 2 N–H and O–H groups in total. The van der Waals surface area contributed by atoms with Crippen molar-refractivity contribution in [2.45, 2.75) is 13.0 Å². The van der Waals surface area contributed by atoms with Gasteiger partial charge in [0, 0.05) is 43.0 Å². The fourth-order valence-electron chi connectivity index (χ4n) is 3.10. The average Bonchev–Trinajstić information content (AvgIpc) is 3.12. The van der Waals surface area contributed by atoms with Crippen LogP contribution < -0.4 is 5.32 Å². The van der Waals surface area contributed by atoms with Crippen LogP contribution in [0.5, 0.6) is 0 Å². The highest BCUT2D eigenvalue weighted by molar-refractivity contribution is 6.29. The molecule has 1 aliphatic heterocycles. The highest BCUT2D eigenvalue weighted by Gasteiger charge is 2.27. The first-order chi connectivity index (χ1) is 12.9. The Bertz CT molecular complexity index is 846. The minimum absolute atomic E-state index is 0.0182. The van der Waals surface area contributed by atoms with Crippen molar-refractivity contribution in [1.29, 1.82) is 0 Å². The summed E-state index contributed by atoms with van der Waals surface area (Å²) in [6.07, 6.45) is 0. The zero-order valence-electron chi connectivity index (χ0n) is 15.3. The summed E-state index contributed by atoms with van der Waals surface area (Å²) in [6, 6.07) is 7.49. The molecule has 0 aliphatic carbocycles. The Labute approximate surface area is 162 Å². The van der Waals surface area contributed by atoms with Crippen molar-refractivity contribution in [2.24, 2.45) is 0 Å². The monoisotopic (exact) mass is 392 g/mol. The van der Waals surface area contributed by atoms with Gasteiger partial charge in [0.15, 0.2) is 0 Å². The number of hydrogen-bond acceptors (Lipinski definition) is 3. The number of benzene rings is 1. The molecule has 1 atom stereocenters. The number of halogens is 2. The maximum absolute atomic E-state index is 14.5. The van der Waals surface area contributed by atoms with E-state index >= 15 is 0 Å². The highest BCUT2D eigenvalue weighted by Crippen LogP contribution is 2.25. The average molecular weight is 393 g/mol. The van der Waals surface area contributed by atoms with E-state index in [0.717, 1.165) is 0 Å². The van der Waals surface area contributed by atoms with Gasteiger partial charge in [-0.15, -0.1) is 0 Å². The molecule has 1 aliphatic rings. The molecule has 1 aromatic carbocycles. The number of nitrogens with one attached hydrogen (secondary N) is 2. The third-order valence-electron chi connectivity index (χ3n) is 4.84. The van der Waals surface area contributed by atoms with Crippen LogP contribution in [0.4, 0.5) is 4.39 Å². The molecule has 1 saturated heterocycles. The molecule has 0 spiro atoms. The van der Waals surface area contributed by atoms with E-state index in [-0.39, 0.29) is 23.4 Å². The molecule has 144 valence electrons. The summed E-state index contributed by atoms with van der Waals surface area (Å²) in [7, 11) is 1.74. The zero-order chi connectivity index (χ0) is 19.6. The van der Waals surface area contributed by atoms with E-state index in [1.807, 2.05) is 6.92 Å². The lowest BCUT2D eigenvalue weighted by atomic mass is 10.1. The maximum atomic E-state index is 14.5. The predicted octanol–water partition coefficient (Wildman–Crippen LogP) is 2.37. The Kier molecular flexibility index (Phi) is 5.82. The van der Waals surface area contributed by atoms with Crippen LogP contribution in [0.15, 0.2) is 30.3 Å². The first-order valence-corrected chi connectivity index (χ1v) is 9.18. The lowest BCUT2D eigenvalue weighted by Crippen LogP contribution is -2.54. The molecule has 27 heavy (non-hydrogen) atoms. The summed E-state index contributed by atoms with van der Waals surface area (Å²) >= 11 is 5.84. The second-order valence-corrected chi connectivity index (χ2v) is 6.95. The van der Waals surface area contributed by atoms with Gasteiger partial charge in [0.2, 0.25) is 5.91 Å². The van der Waals surface area contributed by atoms with Gasteiger partial charge in [0.05, 0.1) is 6.04 Å². The van der Waals surface area contributed by atoms with Crippen molar-refractivity contribution in [3.05, 3.63) is 46.9 Å². The number of carbonyl (C=O) groups excluding carboxylic acids is 2. The van der Waals surface area contributed by atoms with Gasteiger partial charge in [-0.1, -0.05) is 11.6 Å². The molecule has 2 aromatic rings. The number of rotatable bonds is 4. The van der Waals surface area contributed by atoms with Crippen molar-refractivity contribution < 1.29 is 14.0 Å². The van der Waals surface area contributed by atoms with Crippen LogP contribution in [0.3, 0.4) is 0 Å². The molecule has 0 unspecified atom stereocenters. The Morgan fingerprint density at radius 1 is 1.15 bits per heavy atom. The first-order valence-electron chi connectivity index (χ1n) is 8.80. The highest BCUT2D eigenvalue weighted by atomic mass is 35.5. The summed E-state index contributed by atoms with van der Waals surface area (Å²) in [6.45, 7) is 3.60. The van der Waals surface area contributed by atoms with E-state index in [0.29, 0.717) is 42.6 Å². The van der Waals surface area contributed by atoms with Gasteiger partial charge in [0.25, 0.3) is 5.91 Å². The van der Waals surface area contributed by atoms with Gasteiger partial charge in [-0.25, -0.2) is 4.39 Å². The summed E-state index contributed by atoms with van der Waals surface area (Å²) in [5, 5.41) is 3.34. The molecular formula is C19H22ClFN4O2. The molecule has 0 radical (unpaired) electrons. The molecule has 3 rings (SSSR count). The Morgan fingerprint density at radius 2 is 1.81 bits per heavy atom. The van der Waals surface area contributed by atoms with E-state index in [2.05, 4.69) is 10.3 Å². The summed E-state index contributed by atoms with van der Waals surface area (Å²) in [5.74, 6) is -0.709. The number of likely N-dealkylation sites (N-methyl/N-ethyl adjacent to an activating group) is 1. The second-order valence-electron chi connectivity index (χ2n) is 6.54. The molecule has 0 saturated carbocycles. The van der Waals surface area contributed by atoms with Crippen molar-refractivity contribution in [1.82, 2.24) is 20.1 Å². The van der Waals surface area contributed by atoms with Crippen molar-refractivity contribution in [3.63, 3.8) is 0 Å². The maximum Gasteiger partial charge on any atom is 0.254 e. The third kappa shape index (κ3) is 4.14. The van der Waals surface area contributed by atoms with Crippen LogP contribution in [0, 0.1) is 5.82 Å². The van der Waals surface area contributed by atoms with E-state index in [9.17, 15) is 14.0 Å². The number of piperazine rings is 1. The van der Waals surface area contributed by atoms with Gasteiger partial charge >= 0.3 is 0 Å². The van der Waals surface area contributed by atoms with Crippen LogP contribution >= 0.6 is 11.6 Å². The van der Waals surface area contributed by atoms with Crippen molar-refractivity contribution in [2.75, 3.05) is 33.2 Å². The number of carbonyl (C=O) groups is 2. The Balaban J connectivity index is 1.67. The molecular weight excluding hydrogens is 371 g/mol. The fourth-order valence-corrected chi connectivity index (χ4v) is 3.27. The molecule has 6 nitrogen and oxygen atoms in total. The van der Waals surface area contributed by atoms with E-state index in [4.69, 9.17) is 11.6 Å². The number of aromatic amines is 1. The molecule has 1 aromatic heterocycles. The van der Waals surface area contributed by atoms with Crippen LogP contribution in [0.1, 0.15) is 17.3 Å². The topological polar surface area (TPSA) is 68.4 Å². The molecule has 0 bridgehead atoms. The van der Waals surface area contributed by atoms with Crippen LogP contribution in [-0.2, 0) is 4.79 Å². The lowest BCUT2D eigenvalue weighted by molar-refractivity contribution is -0.134. The first kappa shape index (κ1) is 19.4. The normalized spacial score (nSPS) is 15.7. The molecule has 1 fully saturated rings. The largest absolute Gasteiger partial charge is 0.346 e. The van der Waals surface area contributed by atoms with Gasteiger partial charge in [-0.05, 0) is 44.3 Å². The number of H-pyrrole nitrogens is 1. The standard InChI is InChI=1S/C19H22ClFN4O2/c1-12(22-2)18(26)24-7-9-25(10-8-24)19(27)13-3-4-14(15(21)11-13)16-5-6-17(20)23-16/h3-6,11-12,22-23H,7-10H2,1-2H3/t12-/m0/s1. The third-order valence-corrected chi connectivity index (χ3v) is 5.06. The zero-order valence-corrected chi connectivity index (χ0v) is 16.0. The number of amides is 2. The second kappa shape index (κ2) is 8.10.